The number of hydrogen-bond donors (Lipinski definition) is 10. The Bertz CT molecular complexity index is 2640. The molecule has 28 heteroatoms. The van der Waals surface area contributed by atoms with Gasteiger partial charge in [-0.25, -0.2) is 0 Å². The third-order valence-electron chi connectivity index (χ3n) is 10.3. The number of rotatable bonds is 20. The molecule has 0 aliphatic carbocycles. The molecule has 0 aromatic heterocycles. The maximum Gasteiger partial charge on any atom is 0.331 e. The number of amides is 6. The van der Waals surface area contributed by atoms with Crippen molar-refractivity contribution in [2.24, 2.45) is 35.0 Å². The van der Waals surface area contributed by atoms with Gasteiger partial charge in [-0.1, -0.05) is 18.2 Å². The Labute approximate surface area is 460 Å². The minimum absolute atomic E-state index is 0.0346. The van der Waals surface area contributed by atoms with Gasteiger partial charge in [0, 0.05) is 60.3 Å². The Morgan fingerprint density at radius 2 is 0.750 bits per heavy atom. The van der Waals surface area contributed by atoms with Gasteiger partial charge >= 0.3 is 35.8 Å². The van der Waals surface area contributed by atoms with E-state index in [1.807, 2.05) is 6.07 Å². The summed E-state index contributed by atoms with van der Waals surface area (Å²) in [5.41, 5.74) is 26.7. The van der Waals surface area contributed by atoms with Crippen molar-refractivity contribution in [3.63, 3.8) is 0 Å². The zero-order chi connectivity index (χ0) is 59.9. The molecule has 1 atom stereocenters. The first-order chi connectivity index (χ1) is 38.2. The van der Waals surface area contributed by atoms with Gasteiger partial charge in [-0.15, -0.1) is 0 Å². The summed E-state index contributed by atoms with van der Waals surface area (Å²) in [6.45, 7) is 11.3. The number of esters is 6. The molecule has 3 aliphatic heterocycles. The average Bonchev–Trinajstić information content (AvgIpc) is 4.10. The number of nitrogens with one attached hydrogen (secondary N) is 6. The molecule has 0 spiro atoms. The molecule has 3 aromatic carbocycles. The van der Waals surface area contributed by atoms with Crippen molar-refractivity contribution in [3.8, 4) is 0 Å². The average molecular weight is 1120 g/mol. The maximum absolute atomic E-state index is 12.4. The lowest BCUT2D eigenvalue weighted by atomic mass is 10.1. The van der Waals surface area contributed by atoms with Crippen LogP contribution in [0.1, 0.15) is 58.2 Å². The number of nitrogens with two attached hydrogens (primary N) is 4. The van der Waals surface area contributed by atoms with E-state index < -0.39 is 71.3 Å². The fraction of sp³-hybridized carbons (Fsp3) is 0.423. The summed E-state index contributed by atoms with van der Waals surface area (Å²) >= 11 is 0. The summed E-state index contributed by atoms with van der Waals surface area (Å²) in [7, 11) is 0. The summed E-state index contributed by atoms with van der Waals surface area (Å²) < 4.78 is 28.1. The minimum Gasteiger partial charge on any atom is -0.465 e. The topological polar surface area (TPSA) is 436 Å². The Kier molecular flexibility index (Phi) is 29.7. The van der Waals surface area contributed by atoms with Gasteiger partial charge < -0.3 is 83.3 Å². The van der Waals surface area contributed by atoms with Crippen LogP contribution in [0.25, 0.3) is 0 Å². The van der Waals surface area contributed by atoms with Crippen LogP contribution in [0.5, 0.6) is 0 Å². The van der Waals surface area contributed by atoms with E-state index in [2.05, 4.69) is 46.1 Å². The summed E-state index contributed by atoms with van der Waals surface area (Å²) in [6, 6.07) is 15.1. The maximum atomic E-state index is 12.4. The van der Waals surface area contributed by atoms with E-state index in [1.165, 1.54) is 0 Å². The first-order valence-corrected chi connectivity index (χ1v) is 25.2. The van der Waals surface area contributed by atoms with E-state index in [0.29, 0.717) is 47.9 Å². The molecule has 3 heterocycles. The second-order valence-corrected chi connectivity index (χ2v) is 16.3. The molecule has 6 amide bonds. The lowest BCUT2D eigenvalue weighted by molar-refractivity contribution is -0.172. The van der Waals surface area contributed by atoms with Gasteiger partial charge in [0.1, 0.15) is 0 Å². The lowest BCUT2D eigenvalue weighted by Crippen LogP contribution is -2.44. The standard InChI is InChI=1S/C16H20N4O5.C16H18N2O6.C10H16O6.C8H8N2O.C2H8N2/c1-2-25-16(24)13(14(22)18-6-5-17)15(23)19-10-4-3-9-7-12(21)20-11(9)8-10;1-3-23-15(21)13(16(22)24-4-2)14(20)17-10-6-5-9-7-12(19)18-11(9)8-10;1-4-14-8(11)7(9(12)15-5-2)10(13)16-6-3;9-6-2-1-5-3-8(11)10-7(5)4-6;3-1-2-4/h3-4,8,13H,2,5-7,17H2,1H3,(H,18,22)(H,19,23)(H,20,21);5-6,8,13H,3-4,7H2,1-2H3,(H,17,20)(H,18,19);7H,4-6H2,1-3H3;1-2,4H,3,9H2,(H,10,11);1-4H2. The molecule has 3 aromatic rings. The molecule has 28 nitrogen and oxygen atoms in total. The smallest absolute Gasteiger partial charge is 0.331 e. The highest BCUT2D eigenvalue weighted by atomic mass is 16.6. The van der Waals surface area contributed by atoms with Crippen LogP contribution in [0.15, 0.2) is 54.6 Å². The Balaban J connectivity index is 0.000000369. The zero-order valence-electron chi connectivity index (χ0n) is 45.3. The van der Waals surface area contributed by atoms with Crippen molar-refractivity contribution < 1.29 is 86.0 Å². The van der Waals surface area contributed by atoms with Crippen LogP contribution in [-0.2, 0) is 105 Å². The van der Waals surface area contributed by atoms with Gasteiger partial charge in [-0.2, -0.15) is 0 Å². The Hall–Kier alpha value is -9.02. The second kappa shape index (κ2) is 35.4. The zero-order valence-corrected chi connectivity index (χ0v) is 45.3. The molecular weight excluding hydrogens is 1050 g/mol. The molecule has 0 radical (unpaired) electrons. The van der Waals surface area contributed by atoms with Gasteiger partial charge in [0.15, 0.2) is 0 Å². The minimum atomic E-state index is -1.70. The van der Waals surface area contributed by atoms with E-state index in [9.17, 15) is 57.5 Å². The van der Waals surface area contributed by atoms with Gasteiger partial charge in [0.2, 0.25) is 47.3 Å². The van der Waals surface area contributed by atoms with Crippen molar-refractivity contribution in [3.05, 3.63) is 71.3 Å². The molecule has 80 heavy (non-hydrogen) atoms. The van der Waals surface area contributed by atoms with Gasteiger partial charge in [0.05, 0.1) is 58.9 Å². The highest BCUT2D eigenvalue weighted by Crippen LogP contribution is 2.28. The fourth-order valence-electron chi connectivity index (χ4n) is 6.83. The predicted molar refractivity (Wildman–Crippen MR) is 288 cm³/mol. The van der Waals surface area contributed by atoms with Crippen molar-refractivity contribution in [2.45, 2.75) is 60.8 Å². The number of anilines is 6. The molecule has 0 saturated carbocycles. The number of carbonyl (C=O) groups excluding carboxylic acids is 12. The van der Waals surface area contributed by atoms with Crippen LogP contribution in [0, 0.1) is 17.8 Å². The molecule has 0 bridgehead atoms. The summed E-state index contributed by atoms with van der Waals surface area (Å²) in [4.78, 5) is 140. The fourth-order valence-corrected chi connectivity index (χ4v) is 6.83. The van der Waals surface area contributed by atoms with E-state index in [4.69, 9.17) is 37.1 Å². The Morgan fingerprint density at radius 1 is 0.438 bits per heavy atom. The highest BCUT2D eigenvalue weighted by molar-refractivity contribution is 6.20. The van der Waals surface area contributed by atoms with Crippen LogP contribution >= 0.6 is 0 Å². The van der Waals surface area contributed by atoms with Gasteiger partial charge in [-0.05, 0) is 94.6 Å². The molecule has 6 rings (SSSR count). The van der Waals surface area contributed by atoms with Gasteiger partial charge in [-0.3, -0.25) is 57.5 Å². The number of ether oxygens (including phenoxy) is 6. The van der Waals surface area contributed by atoms with Crippen LogP contribution in [-0.4, -0.2) is 137 Å². The van der Waals surface area contributed by atoms with Crippen LogP contribution < -0.4 is 54.8 Å². The van der Waals surface area contributed by atoms with E-state index >= 15 is 0 Å². The number of nitrogen functional groups attached to an aromatic ring is 1. The van der Waals surface area contributed by atoms with Gasteiger partial charge in [0.25, 0.3) is 5.92 Å². The molecule has 0 saturated heterocycles. The third-order valence-corrected chi connectivity index (χ3v) is 10.3. The molecule has 3 aliphatic rings. The Morgan fingerprint density at radius 3 is 1.09 bits per heavy atom. The molecule has 436 valence electrons. The SMILES string of the molecule is CCOC(=O)C(C(=O)NCCN)C(=O)Nc1ccc2c(c1)NC(=O)C2.CCOC(=O)C(C(=O)Nc1ccc2c(c1)NC(=O)C2)C(=O)OCC.CCOC(=O)C(C(=O)OCC)C(=O)OCC.NCCN.Nc1ccc2c(c1)NC(=O)C2. The van der Waals surface area contributed by atoms with Crippen LogP contribution in [0.3, 0.4) is 0 Å². The third kappa shape index (κ3) is 21.8. The summed E-state index contributed by atoms with van der Waals surface area (Å²) in [5.74, 6) is -13.4. The lowest BCUT2D eigenvalue weighted by Gasteiger charge is -2.15. The summed E-state index contributed by atoms with van der Waals surface area (Å²) in [6.07, 6.45) is 1.03. The predicted octanol–water partition coefficient (Wildman–Crippen LogP) is 0.195. The normalized spacial score (nSPS) is 12.2. The highest BCUT2D eigenvalue weighted by Gasteiger charge is 2.39. The van der Waals surface area contributed by atoms with Crippen LogP contribution in [0.2, 0.25) is 0 Å². The first kappa shape index (κ1) is 67.1. The van der Waals surface area contributed by atoms with Crippen LogP contribution in [0.4, 0.5) is 34.1 Å². The quantitative estimate of drug-likeness (QED) is 0.0312. The molecular formula is C52H70N10O18. The van der Waals surface area contributed by atoms with Crippen molar-refractivity contribution >= 4 is 105 Å². The molecule has 1 unspecified atom stereocenters. The number of benzene rings is 3. The first-order valence-electron chi connectivity index (χ1n) is 25.2. The van der Waals surface area contributed by atoms with E-state index in [-0.39, 0.29) is 83.3 Å². The van der Waals surface area contributed by atoms with E-state index in [0.717, 1.165) is 22.4 Å². The molecule has 0 fully saturated rings. The number of fused-ring (bicyclic) bond motifs is 3. The van der Waals surface area contributed by atoms with Crippen molar-refractivity contribution in [1.82, 2.24) is 5.32 Å². The summed E-state index contributed by atoms with van der Waals surface area (Å²) in [5, 5.41) is 15.4. The molecule has 14 N–H and O–H groups in total. The second-order valence-electron chi connectivity index (χ2n) is 16.3. The largest absolute Gasteiger partial charge is 0.465 e. The van der Waals surface area contributed by atoms with Crippen molar-refractivity contribution in [1.29, 1.82) is 0 Å². The monoisotopic (exact) mass is 1120 g/mol. The number of carbonyl (C=O) groups is 12. The van der Waals surface area contributed by atoms with Crippen molar-refractivity contribution in [2.75, 3.05) is 98.1 Å². The van der Waals surface area contributed by atoms with E-state index in [1.54, 1.807) is 90.1 Å². The number of hydrogen-bond acceptors (Lipinski definition) is 22.